The Hall–Kier alpha value is -1.30. The van der Waals surface area contributed by atoms with Crippen LogP contribution in [0.4, 0.5) is 0 Å². The summed E-state index contributed by atoms with van der Waals surface area (Å²) in [6.07, 6.45) is 5.54. The maximum atomic E-state index is 10.1. The van der Waals surface area contributed by atoms with Gasteiger partial charge in [-0.1, -0.05) is 25.8 Å². The van der Waals surface area contributed by atoms with E-state index in [0.717, 1.165) is 43.2 Å². The minimum Gasteiger partial charge on any atom is -0.493 e. The van der Waals surface area contributed by atoms with Gasteiger partial charge in [0.2, 0.25) is 0 Å². The second kappa shape index (κ2) is 10.6. The van der Waals surface area contributed by atoms with Crippen molar-refractivity contribution in [1.82, 2.24) is 5.32 Å². The first-order valence-corrected chi connectivity index (χ1v) is 9.33. The Balaban J connectivity index is 1.62. The largest absolute Gasteiger partial charge is 0.493 e. The molecule has 0 heterocycles. The molecule has 0 bridgehead atoms. The second-order valence-electron chi connectivity index (χ2n) is 7.02. The Morgan fingerprint density at radius 1 is 1.20 bits per heavy atom. The van der Waals surface area contributed by atoms with Gasteiger partial charge >= 0.3 is 0 Å². The Morgan fingerprint density at radius 3 is 2.72 bits per heavy atom. The van der Waals surface area contributed by atoms with E-state index in [1.165, 1.54) is 18.4 Å². The molecule has 1 aliphatic carbocycles. The van der Waals surface area contributed by atoms with Gasteiger partial charge in [-0.05, 0) is 49.4 Å². The predicted molar refractivity (Wildman–Crippen MR) is 99.5 cm³/mol. The van der Waals surface area contributed by atoms with E-state index < -0.39 is 6.10 Å². The molecule has 2 N–H and O–H groups in total. The van der Waals surface area contributed by atoms with E-state index in [0.29, 0.717) is 19.3 Å². The molecular weight excluding hydrogens is 318 g/mol. The lowest BCUT2D eigenvalue weighted by Gasteiger charge is -2.27. The molecule has 0 aromatic heterocycles. The molecule has 142 valence electrons. The molecule has 0 saturated heterocycles. The summed E-state index contributed by atoms with van der Waals surface area (Å²) in [7, 11) is 3.28. The average Bonchev–Trinajstić information content (AvgIpc) is 2.63. The van der Waals surface area contributed by atoms with Gasteiger partial charge < -0.3 is 24.6 Å². The van der Waals surface area contributed by atoms with Crippen LogP contribution in [0.15, 0.2) is 18.2 Å². The lowest BCUT2D eigenvalue weighted by molar-refractivity contribution is -0.0305. The smallest absolute Gasteiger partial charge is 0.160 e. The Bertz CT molecular complexity index is 508. The number of nitrogens with one attached hydrogen (secondary N) is 1. The topological polar surface area (TPSA) is 60.0 Å². The van der Waals surface area contributed by atoms with Crippen LogP contribution in [-0.2, 0) is 11.2 Å². The van der Waals surface area contributed by atoms with Crippen molar-refractivity contribution >= 4 is 0 Å². The summed E-state index contributed by atoms with van der Waals surface area (Å²) in [6, 6.07) is 5.94. The van der Waals surface area contributed by atoms with E-state index in [-0.39, 0.29) is 0 Å². The molecule has 1 aliphatic rings. The summed E-state index contributed by atoms with van der Waals surface area (Å²) < 4.78 is 16.4. The minimum absolute atomic E-state index is 0.324. The second-order valence-corrected chi connectivity index (χ2v) is 7.02. The number of hydrogen-bond donors (Lipinski definition) is 2. The first kappa shape index (κ1) is 20.0. The van der Waals surface area contributed by atoms with Gasteiger partial charge in [-0.25, -0.2) is 0 Å². The van der Waals surface area contributed by atoms with Gasteiger partial charge in [0.05, 0.1) is 33.0 Å². The predicted octanol–water partition coefficient (Wildman–Crippen LogP) is 2.79. The van der Waals surface area contributed by atoms with Crippen LogP contribution in [0.1, 0.15) is 38.2 Å². The van der Waals surface area contributed by atoms with Crippen LogP contribution < -0.4 is 14.8 Å². The quantitative estimate of drug-likeness (QED) is 0.635. The third kappa shape index (κ3) is 6.84. The molecule has 1 fully saturated rings. The summed E-state index contributed by atoms with van der Waals surface area (Å²) in [5.41, 5.74) is 1.17. The van der Waals surface area contributed by atoms with Crippen molar-refractivity contribution in [2.24, 2.45) is 5.92 Å². The van der Waals surface area contributed by atoms with E-state index in [1.54, 1.807) is 14.2 Å². The molecule has 5 heteroatoms. The zero-order valence-electron chi connectivity index (χ0n) is 15.8. The van der Waals surface area contributed by atoms with Gasteiger partial charge in [-0.2, -0.15) is 0 Å². The number of rotatable bonds is 10. The molecule has 1 aromatic carbocycles. The standard InChI is InChI=1S/C20H33NO4/c1-15-5-4-6-18(11-15)25-14-17(22)13-21-10-9-16-7-8-19(23-2)20(12-16)24-3/h7-8,12,15,17-18,21-22H,4-6,9-11,13-14H2,1-3H3. The molecule has 1 aromatic rings. The minimum atomic E-state index is -0.456. The highest BCUT2D eigenvalue weighted by molar-refractivity contribution is 5.42. The highest BCUT2D eigenvalue weighted by atomic mass is 16.5. The molecule has 3 atom stereocenters. The Morgan fingerprint density at radius 2 is 2.00 bits per heavy atom. The van der Waals surface area contributed by atoms with Crippen molar-refractivity contribution in [3.05, 3.63) is 23.8 Å². The fourth-order valence-corrected chi connectivity index (χ4v) is 3.37. The molecule has 3 unspecified atom stereocenters. The lowest BCUT2D eigenvalue weighted by Crippen LogP contribution is -2.34. The molecule has 5 nitrogen and oxygen atoms in total. The van der Waals surface area contributed by atoms with Crippen LogP contribution in [0.5, 0.6) is 11.5 Å². The zero-order valence-corrected chi connectivity index (χ0v) is 15.8. The third-order valence-electron chi connectivity index (χ3n) is 4.83. The normalized spacial score (nSPS) is 21.8. The summed E-state index contributed by atoms with van der Waals surface area (Å²) in [5, 5.41) is 13.4. The van der Waals surface area contributed by atoms with Crippen molar-refractivity contribution in [2.45, 2.75) is 51.2 Å². The third-order valence-corrected chi connectivity index (χ3v) is 4.83. The van der Waals surface area contributed by atoms with Crippen molar-refractivity contribution in [1.29, 1.82) is 0 Å². The number of methoxy groups -OCH3 is 2. The van der Waals surface area contributed by atoms with Crippen LogP contribution >= 0.6 is 0 Å². The molecule has 0 aliphatic heterocycles. The SMILES string of the molecule is COc1ccc(CCNCC(O)COC2CCCC(C)C2)cc1OC. The number of aliphatic hydroxyl groups excluding tert-OH is 1. The number of aliphatic hydroxyl groups is 1. The average molecular weight is 351 g/mol. The number of ether oxygens (including phenoxy) is 3. The van der Waals surface area contributed by atoms with Crippen molar-refractivity contribution in [2.75, 3.05) is 33.9 Å². The van der Waals surface area contributed by atoms with Gasteiger partial charge in [-0.15, -0.1) is 0 Å². The molecule has 25 heavy (non-hydrogen) atoms. The van der Waals surface area contributed by atoms with E-state index in [4.69, 9.17) is 14.2 Å². The van der Waals surface area contributed by atoms with E-state index in [2.05, 4.69) is 12.2 Å². The Labute approximate surface area is 151 Å². The zero-order chi connectivity index (χ0) is 18.1. The number of hydrogen-bond acceptors (Lipinski definition) is 5. The molecule has 0 amide bonds. The fourth-order valence-electron chi connectivity index (χ4n) is 3.37. The maximum Gasteiger partial charge on any atom is 0.160 e. The summed E-state index contributed by atoms with van der Waals surface area (Å²) in [5.74, 6) is 2.23. The van der Waals surface area contributed by atoms with E-state index >= 15 is 0 Å². The van der Waals surface area contributed by atoms with E-state index in [9.17, 15) is 5.11 Å². The van der Waals surface area contributed by atoms with Crippen LogP contribution in [-0.4, -0.2) is 51.2 Å². The fraction of sp³-hybridized carbons (Fsp3) is 0.700. The van der Waals surface area contributed by atoms with Gasteiger partial charge in [0, 0.05) is 6.54 Å². The summed E-state index contributed by atoms with van der Waals surface area (Å²) >= 11 is 0. The Kier molecular flexibility index (Phi) is 8.52. The molecule has 2 rings (SSSR count). The molecular formula is C20H33NO4. The molecule has 0 radical (unpaired) electrons. The lowest BCUT2D eigenvalue weighted by atomic mass is 9.89. The van der Waals surface area contributed by atoms with Gasteiger partial charge in [0.1, 0.15) is 0 Å². The maximum absolute atomic E-state index is 10.1. The highest BCUT2D eigenvalue weighted by Gasteiger charge is 2.20. The first-order chi connectivity index (χ1) is 12.1. The van der Waals surface area contributed by atoms with Gasteiger partial charge in [-0.3, -0.25) is 0 Å². The first-order valence-electron chi connectivity index (χ1n) is 9.33. The van der Waals surface area contributed by atoms with E-state index in [1.807, 2.05) is 18.2 Å². The van der Waals surface area contributed by atoms with Crippen molar-refractivity contribution in [3.63, 3.8) is 0 Å². The van der Waals surface area contributed by atoms with Crippen LogP contribution in [0, 0.1) is 5.92 Å². The molecule has 1 saturated carbocycles. The van der Waals surface area contributed by atoms with Crippen LogP contribution in [0.3, 0.4) is 0 Å². The van der Waals surface area contributed by atoms with Gasteiger partial charge in [0.25, 0.3) is 0 Å². The van der Waals surface area contributed by atoms with Crippen molar-refractivity contribution < 1.29 is 19.3 Å². The van der Waals surface area contributed by atoms with Crippen molar-refractivity contribution in [3.8, 4) is 11.5 Å². The van der Waals surface area contributed by atoms with Crippen LogP contribution in [0.2, 0.25) is 0 Å². The highest BCUT2D eigenvalue weighted by Crippen LogP contribution is 2.27. The number of benzene rings is 1. The molecule has 0 spiro atoms. The van der Waals surface area contributed by atoms with Crippen LogP contribution in [0.25, 0.3) is 0 Å². The van der Waals surface area contributed by atoms with Gasteiger partial charge in [0.15, 0.2) is 11.5 Å². The summed E-state index contributed by atoms with van der Waals surface area (Å²) in [6.45, 7) is 4.05. The monoisotopic (exact) mass is 351 g/mol. The summed E-state index contributed by atoms with van der Waals surface area (Å²) in [4.78, 5) is 0.